The minimum absolute atomic E-state index is 0.0101. The number of sulfonamides is 1. The van der Waals surface area contributed by atoms with Crippen molar-refractivity contribution in [3.63, 3.8) is 0 Å². The maximum absolute atomic E-state index is 12.3. The fraction of sp³-hybridized carbons (Fsp3) is 0.417. The zero-order valence-corrected chi connectivity index (χ0v) is 13.7. The highest BCUT2D eigenvalue weighted by Gasteiger charge is 2.23. The average Bonchev–Trinajstić information content (AvgIpc) is 2.35. The van der Waals surface area contributed by atoms with Crippen molar-refractivity contribution in [3.8, 4) is 0 Å². The third-order valence-electron chi connectivity index (χ3n) is 2.58. The van der Waals surface area contributed by atoms with E-state index in [4.69, 9.17) is 10.5 Å². The van der Waals surface area contributed by atoms with Crippen molar-refractivity contribution >= 4 is 37.6 Å². The van der Waals surface area contributed by atoms with E-state index in [1.807, 2.05) is 0 Å². The number of hydrogen-bond acceptors (Lipinski definition) is 5. The molecule has 0 aromatic heterocycles. The number of benzene rings is 1. The van der Waals surface area contributed by atoms with Gasteiger partial charge in [0.05, 0.1) is 17.9 Å². The Hall–Kier alpha value is -1.12. The van der Waals surface area contributed by atoms with Crippen LogP contribution in [0.4, 0.5) is 5.69 Å². The summed E-state index contributed by atoms with van der Waals surface area (Å²) >= 11 is 3.18. The quantitative estimate of drug-likeness (QED) is 0.611. The number of carbonyl (C=O) groups is 1. The number of nitrogens with two attached hydrogens (primary N) is 1. The summed E-state index contributed by atoms with van der Waals surface area (Å²) in [6.07, 6.45) is 0.0101. The number of esters is 1. The third kappa shape index (κ3) is 4.19. The van der Waals surface area contributed by atoms with Gasteiger partial charge in [-0.3, -0.25) is 4.79 Å². The topological polar surface area (TPSA) is 89.7 Å². The third-order valence-corrected chi connectivity index (χ3v) is 5.41. The molecule has 0 saturated carbocycles. The van der Waals surface area contributed by atoms with Gasteiger partial charge in [0, 0.05) is 23.8 Å². The summed E-state index contributed by atoms with van der Waals surface area (Å²) in [4.78, 5) is 11.4. The normalized spacial score (nSPS) is 11.6. The first-order valence-electron chi connectivity index (χ1n) is 5.96. The molecule has 0 heterocycles. The zero-order chi connectivity index (χ0) is 15.3. The first-order valence-corrected chi connectivity index (χ1v) is 8.19. The Morgan fingerprint density at radius 3 is 2.65 bits per heavy atom. The summed E-state index contributed by atoms with van der Waals surface area (Å²) in [6.45, 7) is 2.03. The van der Waals surface area contributed by atoms with E-state index in [0.29, 0.717) is 10.2 Å². The standard InChI is InChI=1S/C12H17BrN2O4S/c1-3-19-12(16)6-7-15(2)20(17,18)11-5-4-9(14)8-10(11)13/h4-5,8H,3,6-7,14H2,1-2H3. The Kier molecular flexibility index (Phi) is 5.97. The smallest absolute Gasteiger partial charge is 0.307 e. The Morgan fingerprint density at radius 2 is 2.10 bits per heavy atom. The minimum atomic E-state index is -3.67. The van der Waals surface area contributed by atoms with Gasteiger partial charge in [0.15, 0.2) is 0 Å². The van der Waals surface area contributed by atoms with Crippen molar-refractivity contribution in [1.82, 2.24) is 4.31 Å². The van der Waals surface area contributed by atoms with Crippen LogP contribution < -0.4 is 5.73 Å². The van der Waals surface area contributed by atoms with Gasteiger partial charge in [-0.1, -0.05) is 0 Å². The van der Waals surface area contributed by atoms with Gasteiger partial charge in [-0.2, -0.15) is 0 Å². The Balaban J connectivity index is 2.85. The fourth-order valence-corrected chi connectivity index (χ4v) is 3.72. The minimum Gasteiger partial charge on any atom is -0.466 e. The number of ether oxygens (including phenoxy) is 1. The Bertz CT molecular complexity index is 589. The summed E-state index contributed by atoms with van der Waals surface area (Å²) < 4.78 is 30.9. The molecule has 0 saturated heterocycles. The number of anilines is 1. The summed E-state index contributed by atoms with van der Waals surface area (Å²) in [7, 11) is -2.26. The highest BCUT2D eigenvalue weighted by atomic mass is 79.9. The van der Waals surface area contributed by atoms with Crippen molar-refractivity contribution < 1.29 is 17.9 Å². The van der Waals surface area contributed by atoms with Gasteiger partial charge in [0.1, 0.15) is 0 Å². The predicted octanol–water partition coefficient (Wildman–Crippen LogP) is 1.60. The molecule has 0 atom stereocenters. The van der Waals surface area contributed by atoms with Crippen LogP contribution in [0.3, 0.4) is 0 Å². The molecule has 0 spiro atoms. The van der Waals surface area contributed by atoms with E-state index in [1.54, 1.807) is 6.92 Å². The van der Waals surface area contributed by atoms with E-state index in [-0.39, 0.29) is 24.5 Å². The van der Waals surface area contributed by atoms with Crippen LogP contribution in [0, 0.1) is 0 Å². The van der Waals surface area contributed by atoms with Crippen molar-refractivity contribution in [3.05, 3.63) is 22.7 Å². The SMILES string of the molecule is CCOC(=O)CCN(C)S(=O)(=O)c1ccc(N)cc1Br. The second-order valence-electron chi connectivity index (χ2n) is 4.07. The summed E-state index contributed by atoms with van der Waals surface area (Å²) in [6, 6.07) is 4.46. The molecule has 2 N–H and O–H groups in total. The van der Waals surface area contributed by atoms with Crippen molar-refractivity contribution in [2.24, 2.45) is 0 Å². The van der Waals surface area contributed by atoms with Crippen LogP contribution in [0.5, 0.6) is 0 Å². The molecule has 0 fully saturated rings. The van der Waals surface area contributed by atoms with Gasteiger partial charge in [-0.15, -0.1) is 0 Å². The van der Waals surface area contributed by atoms with Gasteiger partial charge in [0.25, 0.3) is 0 Å². The van der Waals surface area contributed by atoms with E-state index in [2.05, 4.69) is 15.9 Å². The monoisotopic (exact) mass is 364 g/mol. The van der Waals surface area contributed by atoms with E-state index in [0.717, 1.165) is 4.31 Å². The van der Waals surface area contributed by atoms with Gasteiger partial charge in [-0.25, -0.2) is 12.7 Å². The number of nitrogens with zero attached hydrogens (tertiary/aromatic N) is 1. The van der Waals surface area contributed by atoms with E-state index in [1.165, 1.54) is 25.2 Å². The second-order valence-corrected chi connectivity index (χ2v) is 6.94. The maximum Gasteiger partial charge on any atom is 0.307 e. The Labute approximate surface area is 127 Å². The molecule has 0 unspecified atom stereocenters. The molecule has 1 aromatic carbocycles. The first-order chi connectivity index (χ1) is 9.28. The lowest BCUT2D eigenvalue weighted by Crippen LogP contribution is -2.29. The number of carbonyl (C=O) groups excluding carboxylic acids is 1. The molecule has 0 amide bonds. The predicted molar refractivity (Wildman–Crippen MR) is 79.6 cm³/mol. The molecular formula is C12H17BrN2O4S. The lowest BCUT2D eigenvalue weighted by molar-refractivity contribution is -0.143. The number of halogens is 1. The van der Waals surface area contributed by atoms with Crippen LogP contribution in [-0.2, 0) is 19.6 Å². The Morgan fingerprint density at radius 1 is 1.45 bits per heavy atom. The molecule has 0 radical (unpaired) electrons. The molecule has 6 nitrogen and oxygen atoms in total. The first kappa shape index (κ1) is 16.9. The largest absolute Gasteiger partial charge is 0.466 e. The molecule has 0 aliphatic rings. The second kappa shape index (κ2) is 7.05. The van der Waals surface area contributed by atoms with Gasteiger partial charge >= 0.3 is 5.97 Å². The van der Waals surface area contributed by atoms with Crippen LogP contribution in [0.2, 0.25) is 0 Å². The van der Waals surface area contributed by atoms with Crippen molar-refractivity contribution in [2.45, 2.75) is 18.2 Å². The van der Waals surface area contributed by atoms with Crippen LogP contribution in [0.15, 0.2) is 27.6 Å². The molecule has 1 rings (SSSR count). The highest BCUT2D eigenvalue weighted by molar-refractivity contribution is 9.10. The summed E-state index contributed by atoms with van der Waals surface area (Å²) in [5.74, 6) is -0.425. The van der Waals surface area contributed by atoms with Gasteiger partial charge in [0.2, 0.25) is 10.0 Å². The maximum atomic E-state index is 12.3. The van der Waals surface area contributed by atoms with Crippen LogP contribution in [0.25, 0.3) is 0 Å². The van der Waals surface area contributed by atoms with E-state index < -0.39 is 16.0 Å². The number of hydrogen-bond donors (Lipinski definition) is 1. The van der Waals surface area contributed by atoms with Crippen molar-refractivity contribution in [1.29, 1.82) is 0 Å². The van der Waals surface area contributed by atoms with Crippen molar-refractivity contribution in [2.75, 3.05) is 25.9 Å². The molecule has 1 aromatic rings. The molecular weight excluding hydrogens is 348 g/mol. The highest BCUT2D eigenvalue weighted by Crippen LogP contribution is 2.26. The summed E-state index contributed by atoms with van der Waals surface area (Å²) in [5.41, 5.74) is 6.04. The zero-order valence-electron chi connectivity index (χ0n) is 11.3. The lowest BCUT2D eigenvalue weighted by atomic mass is 10.3. The molecule has 0 aliphatic carbocycles. The average molecular weight is 365 g/mol. The molecule has 20 heavy (non-hydrogen) atoms. The van der Waals surface area contributed by atoms with E-state index >= 15 is 0 Å². The van der Waals surface area contributed by atoms with Crippen LogP contribution in [0.1, 0.15) is 13.3 Å². The summed E-state index contributed by atoms with van der Waals surface area (Å²) in [5, 5.41) is 0. The van der Waals surface area contributed by atoms with Gasteiger partial charge in [-0.05, 0) is 41.1 Å². The fourth-order valence-electron chi connectivity index (χ4n) is 1.50. The molecule has 0 aliphatic heterocycles. The van der Waals surface area contributed by atoms with Crippen LogP contribution >= 0.6 is 15.9 Å². The molecule has 0 bridgehead atoms. The lowest BCUT2D eigenvalue weighted by Gasteiger charge is -2.17. The number of rotatable bonds is 6. The van der Waals surface area contributed by atoms with E-state index in [9.17, 15) is 13.2 Å². The molecule has 8 heteroatoms. The van der Waals surface area contributed by atoms with Crippen LogP contribution in [-0.4, -0.2) is 38.9 Å². The number of nitrogen functional groups attached to an aromatic ring is 1. The molecule has 112 valence electrons. The van der Waals surface area contributed by atoms with Gasteiger partial charge < -0.3 is 10.5 Å².